The molecule has 2 heterocycles. The number of nitrogens with zero attached hydrogens (tertiary/aromatic N) is 3. The maximum absolute atomic E-state index is 5.78. The summed E-state index contributed by atoms with van der Waals surface area (Å²) in [6, 6.07) is 0.349. The quantitative estimate of drug-likeness (QED) is 0.789. The Morgan fingerprint density at radius 2 is 2.24 bits per heavy atom. The van der Waals surface area contributed by atoms with Crippen LogP contribution in [-0.4, -0.2) is 53.9 Å². The maximum atomic E-state index is 5.78. The van der Waals surface area contributed by atoms with Crippen LogP contribution in [0.15, 0.2) is 4.52 Å². The van der Waals surface area contributed by atoms with Crippen LogP contribution in [0.3, 0.4) is 0 Å². The van der Waals surface area contributed by atoms with Crippen molar-refractivity contribution in [3.05, 3.63) is 11.7 Å². The molecule has 1 aromatic heterocycles. The highest BCUT2D eigenvalue weighted by Gasteiger charge is 2.26. The van der Waals surface area contributed by atoms with Gasteiger partial charge >= 0.3 is 0 Å². The van der Waals surface area contributed by atoms with Gasteiger partial charge < -0.3 is 14.6 Å². The van der Waals surface area contributed by atoms with Crippen molar-refractivity contribution in [2.24, 2.45) is 0 Å². The summed E-state index contributed by atoms with van der Waals surface area (Å²) in [7, 11) is 0. The second kappa shape index (κ2) is 8.46. The smallest absolute Gasteiger partial charge is 0.228 e. The fourth-order valence-electron chi connectivity index (χ4n) is 2.58. The molecule has 1 fully saturated rings. The molecule has 2 unspecified atom stereocenters. The van der Waals surface area contributed by atoms with Crippen LogP contribution in [0.1, 0.15) is 51.4 Å². The lowest BCUT2D eigenvalue weighted by Gasteiger charge is -2.30. The van der Waals surface area contributed by atoms with Crippen LogP contribution in [0.2, 0.25) is 0 Å². The minimum atomic E-state index is -0.0540. The van der Waals surface area contributed by atoms with Crippen molar-refractivity contribution in [2.75, 3.05) is 32.8 Å². The second-order valence-corrected chi connectivity index (χ2v) is 5.77. The van der Waals surface area contributed by atoms with Crippen molar-refractivity contribution in [1.82, 2.24) is 20.4 Å². The molecule has 0 bridgehead atoms. The number of hydrogen-bond acceptors (Lipinski definition) is 6. The van der Waals surface area contributed by atoms with Gasteiger partial charge in [0.05, 0.1) is 6.61 Å². The van der Waals surface area contributed by atoms with Gasteiger partial charge in [-0.2, -0.15) is 4.98 Å². The SMILES string of the molecule is CCCNC(C)Cc1nc(C2CN(CCC)CCO2)no1. The molecule has 1 saturated heterocycles. The third-order valence-corrected chi connectivity index (χ3v) is 3.69. The van der Waals surface area contributed by atoms with Crippen LogP contribution in [0, 0.1) is 0 Å². The first-order chi connectivity index (χ1) is 10.2. The molecule has 6 nitrogen and oxygen atoms in total. The van der Waals surface area contributed by atoms with Gasteiger partial charge in [-0.25, -0.2) is 0 Å². The highest BCUT2D eigenvalue weighted by molar-refractivity contribution is 4.95. The van der Waals surface area contributed by atoms with Gasteiger partial charge in [-0.05, 0) is 32.9 Å². The Labute approximate surface area is 127 Å². The minimum Gasteiger partial charge on any atom is -0.367 e. The van der Waals surface area contributed by atoms with Crippen LogP contribution >= 0.6 is 0 Å². The number of nitrogens with one attached hydrogen (secondary N) is 1. The summed E-state index contributed by atoms with van der Waals surface area (Å²) in [5.74, 6) is 1.38. The fourth-order valence-corrected chi connectivity index (χ4v) is 2.58. The van der Waals surface area contributed by atoms with Gasteiger partial charge in [0.2, 0.25) is 11.7 Å². The number of morpholine rings is 1. The van der Waals surface area contributed by atoms with Crippen molar-refractivity contribution in [1.29, 1.82) is 0 Å². The zero-order chi connectivity index (χ0) is 15.1. The third kappa shape index (κ3) is 5.05. The third-order valence-electron chi connectivity index (χ3n) is 3.69. The largest absolute Gasteiger partial charge is 0.367 e. The molecule has 6 heteroatoms. The Morgan fingerprint density at radius 1 is 1.38 bits per heavy atom. The normalized spacial score (nSPS) is 21.6. The summed E-state index contributed by atoms with van der Waals surface area (Å²) in [5.41, 5.74) is 0. The van der Waals surface area contributed by atoms with E-state index in [2.05, 4.69) is 41.1 Å². The van der Waals surface area contributed by atoms with Crippen LogP contribution in [0.4, 0.5) is 0 Å². The standard InChI is InChI=1S/C15H28N4O2/c1-4-6-16-12(3)10-14-17-15(18-21-14)13-11-19(7-5-2)8-9-20-13/h12-13,16H,4-11H2,1-3H3. The van der Waals surface area contributed by atoms with Crippen molar-refractivity contribution >= 4 is 0 Å². The molecule has 0 aromatic carbocycles. The summed E-state index contributed by atoms with van der Waals surface area (Å²) in [6.45, 7) is 11.2. The molecule has 120 valence electrons. The maximum Gasteiger partial charge on any atom is 0.228 e. The molecule has 0 amide bonds. The summed E-state index contributed by atoms with van der Waals surface area (Å²) in [5, 5.41) is 7.53. The molecule has 21 heavy (non-hydrogen) atoms. The highest BCUT2D eigenvalue weighted by atomic mass is 16.5. The van der Waals surface area contributed by atoms with E-state index >= 15 is 0 Å². The molecular formula is C15H28N4O2. The predicted octanol–water partition coefficient (Wildman–Crippen LogP) is 1.78. The molecule has 2 rings (SSSR count). The Hall–Kier alpha value is -0.980. The first-order valence-electron chi connectivity index (χ1n) is 8.12. The average Bonchev–Trinajstić information content (AvgIpc) is 2.94. The minimum absolute atomic E-state index is 0.0540. The molecule has 1 N–H and O–H groups in total. The summed E-state index contributed by atoms with van der Waals surface area (Å²) < 4.78 is 11.1. The van der Waals surface area contributed by atoms with Crippen molar-refractivity contribution in [2.45, 2.75) is 52.2 Å². The van der Waals surface area contributed by atoms with Gasteiger partial charge in [-0.15, -0.1) is 0 Å². The van der Waals surface area contributed by atoms with E-state index in [0.717, 1.165) is 52.0 Å². The van der Waals surface area contributed by atoms with Crippen LogP contribution < -0.4 is 5.32 Å². The molecule has 1 aliphatic rings. The molecular weight excluding hydrogens is 268 g/mol. The molecule has 2 atom stereocenters. The monoisotopic (exact) mass is 296 g/mol. The zero-order valence-electron chi connectivity index (χ0n) is 13.5. The summed E-state index contributed by atoms with van der Waals surface area (Å²) in [6.07, 6.45) is 2.99. The lowest BCUT2D eigenvalue weighted by Crippen LogP contribution is -2.39. The van der Waals surface area contributed by atoms with Gasteiger partial charge in [-0.1, -0.05) is 19.0 Å². The van der Waals surface area contributed by atoms with E-state index in [9.17, 15) is 0 Å². The van der Waals surface area contributed by atoms with E-state index in [1.807, 2.05) is 0 Å². The number of rotatable bonds is 8. The molecule has 0 saturated carbocycles. The number of aromatic nitrogens is 2. The summed E-state index contributed by atoms with van der Waals surface area (Å²) in [4.78, 5) is 6.91. The highest BCUT2D eigenvalue weighted by Crippen LogP contribution is 2.20. The molecule has 0 spiro atoms. The second-order valence-electron chi connectivity index (χ2n) is 5.77. The first-order valence-corrected chi connectivity index (χ1v) is 8.12. The topological polar surface area (TPSA) is 63.4 Å². The van der Waals surface area contributed by atoms with Crippen molar-refractivity contribution in [3.8, 4) is 0 Å². The predicted molar refractivity (Wildman–Crippen MR) is 81.2 cm³/mol. The van der Waals surface area contributed by atoms with Gasteiger partial charge in [0.15, 0.2) is 0 Å². The first kappa shape index (κ1) is 16.4. The number of ether oxygens (including phenoxy) is 1. The average molecular weight is 296 g/mol. The fraction of sp³-hybridized carbons (Fsp3) is 0.867. The molecule has 0 aliphatic carbocycles. The Morgan fingerprint density at radius 3 is 3.00 bits per heavy atom. The lowest BCUT2D eigenvalue weighted by atomic mass is 10.2. The van der Waals surface area contributed by atoms with E-state index in [0.29, 0.717) is 17.8 Å². The van der Waals surface area contributed by atoms with E-state index < -0.39 is 0 Å². The van der Waals surface area contributed by atoms with Gasteiger partial charge in [0.25, 0.3) is 0 Å². The molecule has 0 radical (unpaired) electrons. The van der Waals surface area contributed by atoms with Crippen molar-refractivity contribution in [3.63, 3.8) is 0 Å². The van der Waals surface area contributed by atoms with E-state index in [4.69, 9.17) is 9.26 Å². The van der Waals surface area contributed by atoms with Crippen LogP contribution in [-0.2, 0) is 11.2 Å². The van der Waals surface area contributed by atoms with Crippen LogP contribution in [0.25, 0.3) is 0 Å². The van der Waals surface area contributed by atoms with Gasteiger partial charge in [-0.3, -0.25) is 4.90 Å². The lowest BCUT2D eigenvalue weighted by molar-refractivity contribution is -0.0350. The molecule has 1 aliphatic heterocycles. The van der Waals surface area contributed by atoms with E-state index in [-0.39, 0.29) is 6.10 Å². The van der Waals surface area contributed by atoms with Crippen LogP contribution in [0.5, 0.6) is 0 Å². The Balaban J connectivity index is 1.87. The van der Waals surface area contributed by atoms with Gasteiger partial charge in [0, 0.05) is 25.6 Å². The summed E-state index contributed by atoms with van der Waals surface area (Å²) >= 11 is 0. The molecule has 1 aromatic rings. The Bertz CT molecular complexity index is 408. The van der Waals surface area contributed by atoms with E-state index in [1.54, 1.807) is 0 Å². The van der Waals surface area contributed by atoms with Gasteiger partial charge in [0.1, 0.15) is 6.10 Å². The number of hydrogen-bond donors (Lipinski definition) is 1. The Kier molecular flexibility index (Phi) is 6.60. The van der Waals surface area contributed by atoms with Crippen molar-refractivity contribution < 1.29 is 9.26 Å². The zero-order valence-corrected chi connectivity index (χ0v) is 13.5. The van der Waals surface area contributed by atoms with E-state index in [1.165, 1.54) is 0 Å².